The molecule has 1 aromatic heterocycles. The van der Waals surface area contributed by atoms with E-state index in [0.29, 0.717) is 6.04 Å². The topological polar surface area (TPSA) is 29.0 Å². The molecule has 2 heterocycles. The van der Waals surface area contributed by atoms with Crippen LogP contribution >= 0.6 is 15.9 Å². The molecule has 2 atom stereocenters. The van der Waals surface area contributed by atoms with Crippen LogP contribution in [0, 0.1) is 5.92 Å². The molecule has 4 heteroatoms. The van der Waals surface area contributed by atoms with Gasteiger partial charge >= 0.3 is 0 Å². The van der Waals surface area contributed by atoms with Crippen LogP contribution in [0.3, 0.4) is 0 Å². The van der Waals surface area contributed by atoms with Gasteiger partial charge in [0, 0.05) is 18.8 Å². The van der Waals surface area contributed by atoms with Gasteiger partial charge in [-0.1, -0.05) is 13.8 Å². The summed E-state index contributed by atoms with van der Waals surface area (Å²) < 4.78 is 0.998. The molecular weight excluding hydrogens is 254 g/mol. The molecule has 0 bridgehead atoms. The number of halogens is 1. The van der Waals surface area contributed by atoms with Gasteiger partial charge in [0.25, 0.3) is 0 Å². The molecular formula is C11H16BrN3. The van der Waals surface area contributed by atoms with E-state index >= 15 is 0 Å². The quantitative estimate of drug-likeness (QED) is 0.827. The molecule has 2 unspecified atom stereocenters. The van der Waals surface area contributed by atoms with Crippen LogP contribution in [0.4, 0.5) is 5.82 Å². The minimum absolute atomic E-state index is 0.621. The number of hydrogen-bond donors (Lipinski definition) is 0. The van der Waals surface area contributed by atoms with E-state index < -0.39 is 0 Å². The SMILES string of the molecule is CCC1C(C)CCN1c1ncncc1Br. The molecule has 15 heavy (non-hydrogen) atoms. The lowest BCUT2D eigenvalue weighted by Crippen LogP contribution is -2.32. The molecule has 82 valence electrons. The van der Waals surface area contributed by atoms with E-state index in [1.165, 1.54) is 12.8 Å². The molecule has 0 N–H and O–H groups in total. The fourth-order valence-electron chi connectivity index (χ4n) is 2.41. The number of aromatic nitrogens is 2. The first kappa shape index (κ1) is 10.9. The fourth-order valence-corrected chi connectivity index (χ4v) is 2.86. The van der Waals surface area contributed by atoms with E-state index in [9.17, 15) is 0 Å². The molecule has 2 rings (SSSR count). The monoisotopic (exact) mass is 269 g/mol. The highest BCUT2D eigenvalue weighted by Gasteiger charge is 2.31. The summed E-state index contributed by atoms with van der Waals surface area (Å²) in [5.41, 5.74) is 0. The summed E-state index contributed by atoms with van der Waals surface area (Å²) in [5.74, 6) is 1.80. The third kappa shape index (κ3) is 2.00. The minimum Gasteiger partial charge on any atom is -0.352 e. The first-order chi connectivity index (χ1) is 7.24. The van der Waals surface area contributed by atoms with Gasteiger partial charge in [-0.05, 0) is 34.7 Å². The van der Waals surface area contributed by atoms with E-state index in [1.807, 2.05) is 6.20 Å². The highest BCUT2D eigenvalue weighted by atomic mass is 79.9. The van der Waals surface area contributed by atoms with Crippen molar-refractivity contribution in [2.24, 2.45) is 5.92 Å². The zero-order valence-electron chi connectivity index (χ0n) is 9.15. The minimum atomic E-state index is 0.621. The molecule has 1 aliphatic heterocycles. The highest BCUT2D eigenvalue weighted by Crippen LogP contribution is 2.33. The zero-order valence-corrected chi connectivity index (χ0v) is 10.7. The molecule has 0 aromatic carbocycles. The number of nitrogens with zero attached hydrogens (tertiary/aromatic N) is 3. The smallest absolute Gasteiger partial charge is 0.146 e. The van der Waals surface area contributed by atoms with Crippen molar-refractivity contribution in [1.82, 2.24) is 9.97 Å². The first-order valence-electron chi connectivity index (χ1n) is 5.46. The Morgan fingerprint density at radius 3 is 3.07 bits per heavy atom. The second-order valence-electron chi connectivity index (χ2n) is 4.13. The lowest BCUT2D eigenvalue weighted by atomic mass is 10.0. The molecule has 1 fully saturated rings. The number of rotatable bonds is 2. The Kier molecular flexibility index (Phi) is 3.24. The molecule has 0 amide bonds. The Bertz CT molecular complexity index is 342. The van der Waals surface area contributed by atoms with Gasteiger partial charge in [-0.2, -0.15) is 0 Å². The Hall–Kier alpha value is -0.640. The van der Waals surface area contributed by atoms with Crippen molar-refractivity contribution in [3.8, 4) is 0 Å². The molecule has 1 aromatic rings. The summed E-state index contributed by atoms with van der Waals surface area (Å²) in [6.07, 6.45) is 5.88. The predicted molar refractivity (Wildman–Crippen MR) is 64.9 cm³/mol. The molecule has 0 aliphatic carbocycles. The van der Waals surface area contributed by atoms with Gasteiger partial charge in [0.2, 0.25) is 0 Å². The van der Waals surface area contributed by atoms with Crippen LogP contribution in [0.15, 0.2) is 17.0 Å². The molecule has 3 nitrogen and oxygen atoms in total. The maximum atomic E-state index is 4.36. The summed E-state index contributed by atoms with van der Waals surface area (Å²) >= 11 is 3.52. The third-order valence-electron chi connectivity index (χ3n) is 3.22. The van der Waals surface area contributed by atoms with Gasteiger partial charge in [-0.15, -0.1) is 0 Å². The van der Waals surface area contributed by atoms with Crippen LogP contribution in [0.2, 0.25) is 0 Å². The Labute approximate surface area is 99.0 Å². The van der Waals surface area contributed by atoms with E-state index in [-0.39, 0.29) is 0 Å². The van der Waals surface area contributed by atoms with Gasteiger partial charge in [-0.3, -0.25) is 0 Å². The summed E-state index contributed by atoms with van der Waals surface area (Å²) in [7, 11) is 0. The number of anilines is 1. The van der Waals surface area contributed by atoms with E-state index in [0.717, 1.165) is 22.8 Å². The Balaban J connectivity index is 2.28. The maximum absolute atomic E-state index is 4.36. The van der Waals surface area contributed by atoms with Crippen LogP contribution in [-0.2, 0) is 0 Å². The van der Waals surface area contributed by atoms with Crippen LogP contribution < -0.4 is 4.90 Å². The van der Waals surface area contributed by atoms with Gasteiger partial charge in [0.15, 0.2) is 0 Å². The second-order valence-corrected chi connectivity index (χ2v) is 4.98. The van der Waals surface area contributed by atoms with E-state index in [2.05, 4.69) is 44.6 Å². The Morgan fingerprint density at radius 1 is 1.60 bits per heavy atom. The predicted octanol–water partition coefficient (Wildman–Crippen LogP) is 2.86. The van der Waals surface area contributed by atoms with Gasteiger partial charge in [0.05, 0.1) is 4.47 Å². The van der Waals surface area contributed by atoms with Gasteiger partial charge < -0.3 is 4.90 Å². The second kappa shape index (κ2) is 4.47. The van der Waals surface area contributed by atoms with Crippen LogP contribution in [0.5, 0.6) is 0 Å². The molecule has 1 saturated heterocycles. The highest BCUT2D eigenvalue weighted by molar-refractivity contribution is 9.10. The third-order valence-corrected chi connectivity index (χ3v) is 3.78. The molecule has 0 saturated carbocycles. The van der Waals surface area contributed by atoms with Crippen molar-refractivity contribution in [3.63, 3.8) is 0 Å². The lowest BCUT2D eigenvalue weighted by molar-refractivity contribution is 0.497. The summed E-state index contributed by atoms with van der Waals surface area (Å²) in [6, 6.07) is 0.621. The molecule has 1 aliphatic rings. The average molecular weight is 270 g/mol. The van der Waals surface area contributed by atoms with Gasteiger partial charge in [0.1, 0.15) is 12.1 Å². The van der Waals surface area contributed by atoms with E-state index in [4.69, 9.17) is 0 Å². The maximum Gasteiger partial charge on any atom is 0.146 e. The first-order valence-corrected chi connectivity index (χ1v) is 6.25. The van der Waals surface area contributed by atoms with Crippen LogP contribution in [0.25, 0.3) is 0 Å². The van der Waals surface area contributed by atoms with Gasteiger partial charge in [-0.25, -0.2) is 9.97 Å². The lowest BCUT2D eigenvalue weighted by Gasteiger charge is -2.27. The van der Waals surface area contributed by atoms with Crippen molar-refractivity contribution < 1.29 is 0 Å². The molecule has 0 radical (unpaired) electrons. The standard InChI is InChI=1S/C11H16BrN3/c1-3-10-8(2)4-5-15(10)11-9(12)6-13-7-14-11/h6-8,10H,3-5H2,1-2H3. The Morgan fingerprint density at radius 2 is 2.40 bits per heavy atom. The molecule has 0 spiro atoms. The number of hydrogen-bond acceptors (Lipinski definition) is 3. The zero-order chi connectivity index (χ0) is 10.8. The summed E-state index contributed by atoms with van der Waals surface area (Å²) in [6.45, 7) is 5.67. The van der Waals surface area contributed by atoms with Crippen molar-refractivity contribution >= 4 is 21.7 Å². The van der Waals surface area contributed by atoms with Crippen molar-refractivity contribution in [2.45, 2.75) is 32.7 Å². The van der Waals surface area contributed by atoms with Crippen molar-refractivity contribution in [1.29, 1.82) is 0 Å². The van der Waals surface area contributed by atoms with E-state index in [1.54, 1.807) is 6.33 Å². The van der Waals surface area contributed by atoms with Crippen molar-refractivity contribution in [2.75, 3.05) is 11.4 Å². The largest absolute Gasteiger partial charge is 0.352 e. The summed E-state index contributed by atoms with van der Waals surface area (Å²) in [5, 5.41) is 0. The summed E-state index contributed by atoms with van der Waals surface area (Å²) in [4.78, 5) is 10.8. The normalized spacial score (nSPS) is 25.9. The van der Waals surface area contributed by atoms with Crippen LogP contribution in [0.1, 0.15) is 26.7 Å². The fraction of sp³-hybridized carbons (Fsp3) is 0.636. The van der Waals surface area contributed by atoms with Crippen molar-refractivity contribution in [3.05, 3.63) is 17.0 Å². The average Bonchev–Trinajstić information content (AvgIpc) is 2.60. The van der Waals surface area contributed by atoms with Crippen LogP contribution in [-0.4, -0.2) is 22.6 Å².